The van der Waals surface area contributed by atoms with Gasteiger partial charge in [-0.25, -0.2) is 9.78 Å². The summed E-state index contributed by atoms with van der Waals surface area (Å²) < 4.78 is 44.8. The molecule has 3 N–H and O–H groups in total. The lowest BCUT2D eigenvalue weighted by Crippen LogP contribution is -2.21. The second-order valence-corrected chi connectivity index (χ2v) is 8.42. The van der Waals surface area contributed by atoms with E-state index in [0.29, 0.717) is 35.1 Å². The largest absolute Gasteiger partial charge is 0.573 e. The van der Waals surface area contributed by atoms with Crippen LogP contribution in [-0.4, -0.2) is 45.5 Å². The summed E-state index contributed by atoms with van der Waals surface area (Å²) >= 11 is 0. The number of nitrogens with one attached hydrogen (secondary N) is 3. The standard InChI is InChI=1S/C24H23F3N6O2/c25-24(26,27)35-20-7-6-17(16-4-2-1-3-5-16)10-18(20)14-33-21-19(31-23(33)34)13-30-22(32-21)29-12-15-8-9-28-11-15/h1-7,10,13,15,28H,8-9,11-12,14H2,(H,31,34)(H,29,30,32)/t15-/m1/s1. The number of aromatic amines is 1. The van der Waals surface area contributed by atoms with Gasteiger partial charge in [-0.3, -0.25) is 4.57 Å². The maximum atomic E-state index is 13.1. The zero-order valence-corrected chi connectivity index (χ0v) is 18.6. The monoisotopic (exact) mass is 484 g/mol. The lowest BCUT2D eigenvalue weighted by atomic mass is 10.0. The summed E-state index contributed by atoms with van der Waals surface area (Å²) in [6.45, 7) is 2.38. The van der Waals surface area contributed by atoms with Crippen molar-refractivity contribution in [2.45, 2.75) is 19.3 Å². The molecule has 1 aliphatic rings. The molecule has 0 unspecified atom stereocenters. The molecule has 11 heteroatoms. The van der Waals surface area contributed by atoms with Crippen molar-refractivity contribution >= 4 is 17.1 Å². The minimum absolute atomic E-state index is 0.173. The fraction of sp³-hybridized carbons (Fsp3) is 0.292. The van der Waals surface area contributed by atoms with E-state index in [2.05, 4.69) is 30.3 Å². The van der Waals surface area contributed by atoms with Crippen LogP contribution in [0.5, 0.6) is 5.75 Å². The van der Waals surface area contributed by atoms with Gasteiger partial charge in [-0.15, -0.1) is 13.2 Å². The number of benzene rings is 2. The first-order chi connectivity index (χ1) is 16.9. The van der Waals surface area contributed by atoms with Gasteiger partial charge in [0.15, 0.2) is 5.65 Å². The highest BCUT2D eigenvalue weighted by Gasteiger charge is 2.32. The van der Waals surface area contributed by atoms with E-state index in [4.69, 9.17) is 0 Å². The molecule has 0 spiro atoms. The maximum Gasteiger partial charge on any atom is 0.573 e. The van der Waals surface area contributed by atoms with Gasteiger partial charge >= 0.3 is 12.1 Å². The van der Waals surface area contributed by atoms with Crippen LogP contribution >= 0.6 is 0 Å². The fourth-order valence-electron chi connectivity index (χ4n) is 4.21. The average molecular weight is 484 g/mol. The number of fused-ring (bicyclic) bond motifs is 1. The summed E-state index contributed by atoms with van der Waals surface area (Å²) in [6, 6.07) is 13.7. The number of nitrogens with zero attached hydrogens (tertiary/aromatic N) is 3. The molecule has 0 saturated carbocycles. The number of anilines is 1. The number of imidazole rings is 1. The Bertz CT molecular complexity index is 1380. The predicted molar refractivity (Wildman–Crippen MR) is 125 cm³/mol. The Labute approximate surface area is 198 Å². The number of ether oxygens (including phenoxy) is 1. The molecule has 0 amide bonds. The molecule has 0 bridgehead atoms. The Morgan fingerprint density at radius 3 is 2.71 bits per heavy atom. The van der Waals surface area contributed by atoms with Crippen LogP contribution in [0.15, 0.2) is 59.5 Å². The van der Waals surface area contributed by atoms with Crippen molar-refractivity contribution < 1.29 is 17.9 Å². The summed E-state index contributed by atoms with van der Waals surface area (Å²) in [5.74, 6) is 0.423. The van der Waals surface area contributed by atoms with Gasteiger partial charge in [-0.05, 0) is 48.7 Å². The van der Waals surface area contributed by atoms with E-state index in [1.54, 1.807) is 12.1 Å². The number of aromatic nitrogens is 4. The topological polar surface area (TPSA) is 96.9 Å². The number of alkyl halides is 3. The van der Waals surface area contributed by atoms with Crippen molar-refractivity contribution in [2.75, 3.05) is 25.0 Å². The molecule has 5 rings (SSSR count). The van der Waals surface area contributed by atoms with E-state index in [-0.39, 0.29) is 17.9 Å². The molecule has 2 aromatic carbocycles. The van der Waals surface area contributed by atoms with Crippen LogP contribution in [0.3, 0.4) is 0 Å². The Balaban J connectivity index is 1.50. The van der Waals surface area contributed by atoms with Crippen molar-refractivity contribution in [1.29, 1.82) is 0 Å². The highest BCUT2D eigenvalue weighted by molar-refractivity contribution is 5.71. The minimum atomic E-state index is -4.87. The van der Waals surface area contributed by atoms with E-state index in [1.807, 2.05) is 30.3 Å². The van der Waals surface area contributed by atoms with Crippen molar-refractivity contribution in [2.24, 2.45) is 5.92 Å². The molecular formula is C24H23F3N6O2. The first-order valence-corrected chi connectivity index (χ1v) is 11.2. The van der Waals surface area contributed by atoms with E-state index in [9.17, 15) is 18.0 Å². The van der Waals surface area contributed by atoms with Gasteiger partial charge in [0.1, 0.15) is 11.3 Å². The number of hydrogen-bond acceptors (Lipinski definition) is 6. The Hall–Kier alpha value is -3.86. The third-order valence-electron chi connectivity index (χ3n) is 5.94. The van der Waals surface area contributed by atoms with Gasteiger partial charge in [0.05, 0.1) is 12.7 Å². The zero-order valence-electron chi connectivity index (χ0n) is 18.6. The molecule has 0 aliphatic carbocycles. The van der Waals surface area contributed by atoms with Gasteiger partial charge in [-0.1, -0.05) is 36.4 Å². The van der Waals surface area contributed by atoms with Crippen LogP contribution in [0.4, 0.5) is 19.1 Å². The number of halogens is 3. The smallest absolute Gasteiger partial charge is 0.405 e. The third-order valence-corrected chi connectivity index (χ3v) is 5.94. The molecular weight excluding hydrogens is 461 g/mol. The summed E-state index contributed by atoms with van der Waals surface area (Å²) in [6.07, 6.45) is -2.34. The van der Waals surface area contributed by atoms with Crippen molar-refractivity contribution in [3.05, 3.63) is 70.8 Å². The SMILES string of the molecule is O=c1[nH]c2cnc(NC[C@@H]3CCNC3)nc2n1Cc1cc(-c2ccccc2)ccc1OC(F)(F)F. The highest BCUT2D eigenvalue weighted by Crippen LogP contribution is 2.31. The second kappa shape index (κ2) is 9.41. The van der Waals surface area contributed by atoms with Gasteiger partial charge in [0.2, 0.25) is 5.95 Å². The lowest BCUT2D eigenvalue weighted by molar-refractivity contribution is -0.274. The van der Waals surface area contributed by atoms with Crippen LogP contribution in [-0.2, 0) is 6.54 Å². The molecule has 0 radical (unpaired) electrons. The van der Waals surface area contributed by atoms with E-state index in [0.717, 1.165) is 25.1 Å². The van der Waals surface area contributed by atoms with Gasteiger partial charge in [0, 0.05) is 12.1 Å². The summed E-state index contributed by atoms with van der Waals surface area (Å²) in [7, 11) is 0. The average Bonchev–Trinajstić information content (AvgIpc) is 3.46. The summed E-state index contributed by atoms with van der Waals surface area (Å²) in [5, 5.41) is 6.48. The number of rotatable bonds is 7. The Kier molecular flexibility index (Phi) is 6.16. The second-order valence-electron chi connectivity index (χ2n) is 8.42. The molecule has 182 valence electrons. The van der Waals surface area contributed by atoms with Crippen LogP contribution in [0, 0.1) is 5.92 Å². The molecule has 2 aromatic heterocycles. The Morgan fingerprint density at radius 2 is 1.97 bits per heavy atom. The van der Waals surface area contributed by atoms with Gasteiger partial charge in [0.25, 0.3) is 0 Å². The zero-order chi connectivity index (χ0) is 24.4. The van der Waals surface area contributed by atoms with E-state index in [1.165, 1.54) is 16.8 Å². The molecule has 8 nitrogen and oxygen atoms in total. The molecule has 3 heterocycles. The lowest BCUT2D eigenvalue weighted by Gasteiger charge is -2.15. The fourth-order valence-corrected chi connectivity index (χ4v) is 4.21. The van der Waals surface area contributed by atoms with Gasteiger partial charge < -0.3 is 20.4 Å². The predicted octanol–water partition coefficient (Wildman–Crippen LogP) is 3.75. The Morgan fingerprint density at radius 1 is 1.14 bits per heavy atom. The maximum absolute atomic E-state index is 13.1. The minimum Gasteiger partial charge on any atom is -0.405 e. The van der Waals surface area contributed by atoms with Crippen molar-refractivity contribution in [3.63, 3.8) is 0 Å². The molecule has 35 heavy (non-hydrogen) atoms. The van der Waals surface area contributed by atoms with Crippen molar-refractivity contribution in [1.82, 2.24) is 24.8 Å². The van der Waals surface area contributed by atoms with Gasteiger partial charge in [-0.2, -0.15) is 4.98 Å². The third kappa shape index (κ3) is 5.29. The molecule has 4 aromatic rings. The molecule has 1 saturated heterocycles. The molecule has 1 fully saturated rings. The number of hydrogen-bond donors (Lipinski definition) is 3. The highest BCUT2D eigenvalue weighted by atomic mass is 19.4. The number of H-pyrrole nitrogens is 1. The van der Waals surface area contributed by atoms with E-state index < -0.39 is 12.1 Å². The van der Waals surface area contributed by atoms with Crippen LogP contribution < -0.4 is 21.1 Å². The normalized spacial score (nSPS) is 16.0. The molecule has 1 aliphatic heterocycles. The first kappa shape index (κ1) is 22.9. The first-order valence-electron chi connectivity index (χ1n) is 11.2. The van der Waals surface area contributed by atoms with Crippen LogP contribution in [0.25, 0.3) is 22.3 Å². The van der Waals surface area contributed by atoms with Crippen LogP contribution in [0.1, 0.15) is 12.0 Å². The van der Waals surface area contributed by atoms with Crippen molar-refractivity contribution in [3.8, 4) is 16.9 Å². The summed E-state index contributed by atoms with van der Waals surface area (Å²) in [5.41, 5.74) is 1.89. The van der Waals surface area contributed by atoms with E-state index >= 15 is 0 Å². The molecule has 1 atom stereocenters. The van der Waals surface area contributed by atoms with Crippen LogP contribution in [0.2, 0.25) is 0 Å². The summed E-state index contributed by atoms with van der Waals surface area (Å²) in [4.78, 5) is 24.1. The quantitative estimate of drug-likeness (QED) is 0.370.